The van der Waals surface area contributed by atoms with Crippen LogP contribution >= 0.6 is 11.6 Å². The summed E-state index contributed by atoms with van der Waals surface area (Å²) in [4.78, 5) is 15.0. The molecular formula is C9H8ClF4N3O. The van der Waals surface area contributed by atoms with Crippen molar-refractivity contribution in [2.24, 2.45) is 0 Å². The first-order valence-corrected chi connectivity index (χ1v) is 4.97. The largest absolute Gasteiger partial charge is 0.397 e. The fraction of sp³-hybridized carbons (Fsp3) is 0.333. The first kappa shape index (κ1) is 14.5. The van der Waals surface area contributed by atoms with Crippen LogP contribution in [-0.4, -0.2) is 29.8 Å². The lowest BCUT2D eigenvalue weighted by atomic mass is 10.2. The first-order valence-electron chi connectivity index (χ1n) is 4.59. The monoisotopic (exact) mass is 285 g/mol. The number of nitrogens with zero attached hydrogens (tertiary/aromatic N) is 1. The van der Waals surface area contributed by atoms with Crippen LogP contribution in [0.25, 0.3) is 0 Å². The van der Waals surface area contributed by atoms with E-state index in [4.69, 9.17) is 17.3 Å². The molecule has 0 fully saturated rings. The number of hydrogen-bond acceptors (Lipinski definition) is 3. The van der Waals surface area contributed by atoms with Gasteiger partial charge in [0.15, 0.2) is 0 Å². The molecular weight excluding hydrogens is 278 g/mol. The molecule has 1 aromatic rings. The topological polar surface area (TPSA) is 68.0 Å². The highest BCUT2D eigenvalue weighted by Gasteiger charge is 2.40. The number of nitrogen functional groups attached to an aromatic ring is 1. The van der Waals surface area contributed by atoms with Gasteiger partial charge in [-0.3, -0.25) is 4.79 Å². The van der Waals surface area contributed by atoms with Crippen molar-refractivity contribution < 1.29 is 22.4 Å². The molecule has 0 unspecified atom stereocenters. The smallest absolute Gasteiger partial charge is 0.324 e. The predicted molar refractivity (Wildman–Crippen MR) is 56.9 cm³/mol. The Labute approximate surface area is 104 Å². The van der Waals surface area contributed by atoms with Gasteiger partial charge in [0, 0.05) is 0 Å². The van der Waals surface area contributed by atoms with E-state index in [-0.39, 0.29) is 16.4 Å². The van der Waals surface area contributed by atoms with Gasteiger partial charge in [0.1, 0.15) is 5.15 Å². The SMILES string of the molecule is Nc1cnc(Cl)cc1C(=O)NCC(F)(F)C(F)F. The van der Waals surface area contributed by atoms with Crippen molar-refractivity contribution in [1.82, 2.24) is 10.3 Å². The maximum atomic E-state index is 12.6. The standard InChI is InChI=1S/C9H8ClF4N3O/c10-6-1-4(5(15)2-16-6)7(18)17-3-9(13,14)8(11)12/h1-2,8H,3,15H2,(H,17,18). The summed E-state index contributed by atoms with van der Waals surface area (Å²) in [6.07, 6.45) is -2.81. The number of hydrogen-bond donors (Lipinski definition) is 2. The number of anilines is 1. The summed E-state index contributed by atoms with van der Waals surface area (Å²) in [7, 11) is 0. The van der Waals surface area contributed by atoms with E-state index >= 15 is 0 Å². The molecule has 0 aliphatic rings. The third kappa shape index (κ3) is 3.46. The highest BCUT2D eigenvalue weighted by molar-refractivity contribution is 6.29. The summed E-state index contributed by atoms with van der Waals surface area (Å²) in [6.45, 7) is -1.50. The lowest BCUT2D eigenvalue weighted by Crippen LogP contribution is -2.41. The molecule has 1 rings (SSSR count). The van der Waals surface area contributed by atoms with Gasteiger partial charge in [0.05, 0.1) is 24.0 Å². The summed E-state index contributed by atoms with van der Waals surface area (Å²) >= 11 is 5.49. The minimum Gasteiger partial charge on any atom is -0.397 e. The molecule has 0 spiro atoms. The molecule has 1 heterocycles. The number of alkyl halides is 4. The van der Waals surface area contributed by atoms with E-state index in [9.17, 15) is 22.4 Å². The summed E-state index contributed by atoms with van der Waals surface area (Å²) < 4.78 is 48.8. The summed E-state index contributed by atoms with van der Waals surface area (Å²) in [6, 6.07) is 1.05. The normalized spacial score (nSPS) is 11.7. The van der Waals surface area contributed by atoms with Gasteiger partial charge < -0.3 is 11.1 Å². The molecule has 100 valence electrons. The second kappa shape index (κ2) is 5.38. The maximum absolute atomic E-state index is 12.6. The number of pyridine rings is 1. The Bertz CT molecular complexity index is 455. The number of halogens is 5. The number of carbonyl (C=O) groups excluding carboxylic acids is 1. The fourth-order valence-corrected chi connectivity index (χ4v) is 1.17. The van der Waals surface area contributed by atoms with Crippen LogP contribution in [0, 0.1) is 0 Å². The molecule has 3 N–H and O–H groups in total. The van der Waals surface area contributed by atoms with Gasteiger partial charge >= 0.3 is 12.3 Å². The number of amides is 1. The lowest BCUT2D eigenvalue weighted by Gasteiger charge is -2.16. The van der Waals surface area contributed by atoms with Crippen molar-refractivity contribution in [3.05, 3.63) is 23.0 Å². The van der Waals surface area contributed by atoms with Crippen LogP contribution in [-0.2, 0) is 0 Å². The van der Waals surface area contributed by atoms with E-state index < -0.39 is 24.8 Å². The number of rotatable bonds is 4. The highest BCUT2D eigenvalue weighted by Crippen LogP contribution is 2.22. The molecule has 0 aromatic carbocycles. The molecule has 1 aromatic heterocycles. The maximum Gasteiger partial charge on any atom is 0.324 e. The van der Waals surface area contributed by atoms with Crippen molar-refractivity contribution in [2.75, 3.05) is 12.3 Å². The average Bonchev–Trinajstić information content (AvgIpc) is 2.29. The van der Waals surface area contributed by atoms with Crippen LogP contribution < -0.4 is 11.1 Å². The molecule has 18 heavy (non-hydrogen) atoms. The number of nitrogens with one attached hydrogen (secondary N) is 1. The number of nitrogens with two attached hydrogens (primary N) is 1. The van der Waals surface area contributed by atoms with Gasteiger partial charge in [-0.15, -0.1) is 0 Å². The van der Waals surface area contributed by atoms with Gasteiger partial charge in [-0.25, -0.2) is 13.8 Å². The second-order valence-electron chi connectivity index (χ2n) is 3.34. The Hall–Kier alpha value is -1.57. The Kier molecular flexibility index (Phi) is 4.33. The molecule has 1 amide bonds. The van der Waals surface area contributed by atoms with Crippen molar-refractivity contribution in [2.45, 2.75) is 12.3 Å². The van der Waals surface area contributed by atoms with Crippen LogP contribution in [0.4, 0.5) is 23.2 Å². The average molecular weight is 286 g/mol. The van der Waals surface area contributed by atoms with Gasteiger partial charge in [-0.05, 0) is 6.07 Å². The summed E-state index contributed by atoms with van der Waals surface area (Å²) in [5, 5.41) is 1.58. The first-order chi connectivity index (χ1) is 8.24. The van der Waals surface area contributed by atoms with Crippen molar-refractivity contribution >= 4 is 23.2 Å². The number of carbonyl (C=O) groups is 1. The third-order valence-corrected chi connectivity index (χ3v) is 2.16. The Balaban J connectivity index is 2.75. The van der Waals surface area contributed by atoms with Crippen LogP contribution in [0.5, 0.6) is 0 Å². The van der Waals surface area contributed by atoms with E-state index in [1.807, 2.05) is 0 Å². The number of aromatic nitrogens is 1. The molecule has 0 aliphatic heterocycles. The van der Waals surface area contributed by atoms with Gasteiger partial charge in [-0.2, -0.15) is 8.78 Å². The Morgan fingerprint density at radius 2 is 2.17 bits per heavy atom. The van der Waals surface area contributed by atoms with Crippen molar-refractivity contribution in [3.8, 4) is 0 Å². The summed E-state index contributed by atoms with van der Waals surface area (Å²) in [5.41, 5.74) is 5.06. The van der Waals surface area contributed by atoms with E-state index in [1.54, 1.807) is 5.32 Å². The molecule has 0 radical (unpaired) electrons. The zero-order valence-corrected chi connectivity index (χ0v) is 9.52. The molecule has 0 aliphatic carbocycles. The third-order valence-electron chi connectivity index (χ3n) is 1.95. The van der Waals surface area contributed by atoms with Gasteiger partial charge in [-0.1, -0.05) is 11.6 Å². The van der Waals surface area contributed by atoms with Crippen molar-refractivity contribution in [1.29, 1.82) is 0 Å². The minimum absolute atomic E-state index is 0.0741. The summed E-state index contributed by atoms with van der Waals surface area (Å²) in [5.74, 6) is -5.33. The second-order valence-corrected chi connectivity index (χ2v) is 3.73. The zero-order chi connectivity index (χ0) is 13.9. The fourth-order valence-electron chi connectivity index (χ4n) is 1.01. The Morgan fingerprint density at radius 3 is 2.72 bits per heavy atom. The molecule has 4 nitrogen and oxygen atoms in total. The predicted octanol–water partition coefficient (Wildman–Crippen LogP) is 1.95. The lowest BCUT2D eigenvalue weighted by molar-refractivity contribution is -0.123. The van der Waals surface area contributed by atoms with Crippen LogP contribution in [0.15, 0.2) is 12.3 Å². The van der Waals surface area contributed by atoms with Crippen LogP contribution in [0.2, 0.25) is 5.15 Å². The molecule has 0 atom stereocenters. The van der Waals surface area contributed by atoms with Crippen LogP contribution in [0.3, 0.4) is 0 Å². The molecule has 0 saturated carbocycles. The molecule has 0 saturated heterocycles. The quantitative estimate of drug-likeness (QED) is 0.656. The highest BCUT2D eigenvalue weighted by atomic mass is 35.5. The molecule has 0 bridgehead atoms. The van der Waals surface area contributed by atoms with Crippen LogP contribution in [0.1, 0.15) is 10.4 Å². The van der Waals surface area contributed by atoms with E-state index in [0.29, 0.717) is 0 Å². The Morgan fingerprint density at radius 1 is 1.56 bits per heavy atom. The van der Waals surface area contributed by atoms with Gasteiger partial charge in [0.25, 0.3) is 5.91 Å². The molecule has 9 heteroatoms. The van der Waals surface area contributed by atoms with Gasteiger partial charge in [0.2, 0.25) is 0 Å². The van der Waals surface area contributed by atoms with E-state index in [0.717, 1.165) is 12.3 Å². The van der Waals surface area contributed by atoms with E-state index in [2.05, 4.69) is 4.98 Å². The van der Waals surface area contributed by atoms with E-state index in [1.165, 1.54) is 0 Å². The van der Waals surface area contributed by atoms with Crippen molar-refractivity contribution in [3.63, 3.8) is 0 Å². The minimum atomic E-state index is -4.30. The zero-order valence-electron chi connectivity index (χ0n) is 8.76.